The second-order valence-corrected chi connectivity index (χ2v) is 8.72. The lowest BCUT2D eigenvalue weighted by Gasteiger charge is -2.14. The maximum Gasteiger partial charge on any atom is 0.178 e. The summed E-state index contributed by atoms with van der Waals surface area (Å²) in [6.07, 6.45) is 10.8. The number of hydrogen-bond donors (Lipinski definition) is 0. The second-order valence-electron chi connectivity index (χ2n) is 8.72. The van der Waals surface area contributed by atoms with Gasteiger partial charge in [-0.15, -0.1) is 0 Å². The van der Waals surface area contributed by atoms with E-state index in [-0.39, 0.29) is 5.78 Å². The quantitative estimate of drug-likeness (QED) is 0.340. The lowest BCUT2D eigenvalue weighted by Crippen LogP contribution is -2.03. The smallest absolute Gasteiger partial charge is 0.178 e. The molecule has 0 spiro atoms. The van der Waals surface area contributed by atoms with Crippen LogP contribution in [0.4, 0.5) is 0 Å². The first-order chi connectivity index (χ1) is 11.1. The molecule has 24 heavy (non-hydrogen) atoms. The SMILES string of the molecule is CC(C)CCCC(=CC(=O)C=C(CCCC(C)C)C(C)C)C(C)C. The van der Waals surface area contributed by atoms with Gasteiger partial charge in [-0.3, -0.25) is 4.79 Å². The fourth-order valence-corrected chi connectivity index (χ4v) is 2.89. The summed E-state index contributed by atoms with van der Waals surface area (Å²) >= 11 is 0. The molecule has 0 atom stereocenters. The van der Waals surface area contributed by atoms with Crippen molar-refractivity contribution in [2.24, 2.45) is 23.7 Å². The van der Waals surface area contributed by atoms with E-state index >= 15 is 0 Å². The fraction of sp³-hybridized carbons (Fsp3) is 0.783. The van der Waals surface area contributed by atoms with E-state index in [4.69, 9.17) is 0 Å². The van der Waals surface area contributed by atoms with Crippen LogP contribution < -0.4 is 0 Å². The summed E-state index contributed by atoms with van der Waals surface area (Å²) in [4.78, 5) is 12.5. The summed E-state index contributed by atoms with van der Waals surface area (Å²) in [5, 5.41) is 0. The van der Waals surface area contributed by atoms with Crippen LogP contribution in [-0.2, 0) is 4.79 Å². The summed E-state index contributed by atoms with van der Waals surface area (Å²) in [5.41, 5.74) is 2.62. The molecule has 1 nitrogen and oxygen atoms in total. The highest BCUT2D eigenvalue weighted by Gasteiger charge is 2.09. The van der Waals surface area contributed by atoms with Crippen molar-refractivity contribution in [3.05, 3.63) is 23.3 Å². The van der Waals surface area contributed by atoms with Gasteiger partial charge in [0.2, 0.25) is 0 Å². The van der Waals surface area contributed by atoms with Gasteiger partial charge in [-0.1, -0.05) is 79.4 Å². The Balaban J connectivity index is 4.87. The van der Waals surface area contributed by atoms with Crippen LogP contribution in [0, 0.1) is 23.7 Å². The van der Waals surface area contributed by atoms with Gasteiger partial charge in [0.05, 0.1) is 0 Å². The molecule has 0 N–H and O–H groups in total. The molecule has 0 radical (unpaired) electrons. The summed E-state index contributed by atoms with van der Waals surface area (Å²) < 4.78 is 0. The molecular weight excluding hydrogens is 292 g/mol. The van der Waals surface area contributed by atoms with E-state index in [9.17, 15) is 4.79 Å². The predicted molar refractivity (Wildman–Crippen MR) is 108 cm³/mol. The highest BCUT2D eigenvalue weighted by molar-refractivity contribution is 6.00. The number of carbonyl (C=O) groups excluding carboxylic acids is 1. The normalized spacial score (nSPS) is 13.7. The van der Waals surface area contributed by atoms with Crippen molar-refractivity contribution in [1.82, 2.24) is 0 Å². The highest BCUT2D eigenvalue weighted by atomic mass is 16.1. The molecule has 0 aromatic carbocycles. The molecule has 0 unspecified atom stereocenters. The molecule has 0 fully saturated rings. The minimum Gasteiger partial charge on any atom is -0.290 e. The van der Waals surface area contributed by atoms with Crippen LogP contribution in [0.3, 0.4) is 0 Å². The van der Waals surface area contributed by atoms with Crippen molar-refractivity contribution in [3.63, 3.8) is 0 Å². The van der Waals surface area contributed by atoms with Gasteiger partial charge in [0.25, 0.3) is 0 Å². The predicted octanol–water partition coefficient (Wildman–Crippen LogP) is 7.37. The maximum atomic E-state index is 12.5. The number of rotatable bonds is 12. The van der Waals surface area contributed by atoms with Gasteiger partial charge in [-0.05, 0) is 61.5 Å². The minimum absolute atomic E-state index is 0.191. The molecule has 0 amide bonds. The van der Waals surface area contributed by atoms with Crippen molar-refractivity contribution in [3.8, 4) is 0 Å². The fourth-order valence-electron chi connectivity index (χ4n) is 2.89. The number of allylic oxidation sites excluding steroid dienone is 4. The standard InChI is InChI=1S/C23H42O/c1-17(2)11-9-13-21(19(5)6)15-23(24)16-22(20(7)8)14-10-12-18(3)4/h15-20H,9-14H2,1-8H3. The Hall–Kier alpha value is -0.850. The van der Waals surface area contributed by atoms with Crippen LogP contribution in [0.2, 0.25) is 0 Å². The third-order valence-corrected chi connectivity index (χ3v) is 4.63. The van der Waals surface area contributed by atoms with E-state index in [1.165, 1.54) is 36.8 Å². The zero-order valence-electron chi connectivity index (χ0n) is 17.6. The summed E-state index contributed by atoms with van der Waals surface area (Å²) in [7, 11) is 0. The van der Waals surface area contributed by atoms with Crippen molar-refractivity contribution in [2.75, 3.05) is 0 Å². The molecule has 0 rings (SSSR count). The number of hydrogen-bond acceptors (Lipinski definition) is 1. The third-order valence-electron chi connectivity index (χ3n) is 4.63. The van der Waals surface area contributed by atoms with Crippen molar-refractivity contribution >= 4 is 5.78 Å². The molecule has 0 aromatic rings. The van der Waals surface area contributed by atoms with Gasteiger partial charge in [-0.25, -0.2) is 0 Å². The van der Waals surface area contributed by atoms with Crippen molar-refractivity contribution in [1.29, 1.82) is 0 Å². The maximum absolute atomic E-state index is 12.5. The van der Waals surface area contributed by atoms with Crippen LogP contribution in [0.15, 0.2) is 23.3 Å². The van der Waals surface area contributed by atoms with Crippen LogP contribution in [0.5, 0.6) is 0 Å². The molecule has 1 heteroatoms. The largest absolute Gasteiger partial charge is 0.290 e. The second kappa shape index (κ2) is 12.5. The Morgan fingerprint density at radius 2 is 1.00 bits per heavy atom. The van der Waals surface area contributed by atoms with Crippen LogP contribution in [-0.4, -0.2) is 5.78 Å². The lowest BCUT2D eigenvalue weighted by atomic mass is 9.92. The van der Waals surface area contributed by atoms with Gasteiger partial charge in [0.15, 0.2) is 5.78 Å². The third kappa shape index (κ3) is 11.6. The molecule has 0 saturated heterocycles. The summed E-state index contributed by atoms with van der Waals surface area (Å²) in [5.74, 6) is 2.58. The molecule has 0 bridgehead atoms. The zero-order chi connectivity index (χ0) is 18.7. The molecule has 0 heterocycles. The van der Waals surface area contributed by atoms with Crippen LogP contribution in [0.25, 0.3) is 0 Å². The van der Waals surface area contributed by atoms with E-state index in [0.717, 1.165) is 24.7 Å². The van der Waals surface area contributed by atoms with E-state index < -0.39 is 0 Å². The monoisotopic (exact) mass is 334 g/mol. The molecule has 140 valence electrons. The first-order valence-electron chi connectivity index (χ1n) is 10.1. The van der Waals surface area contributed by atoms with Gasteiger partial charge < -0.3 is 0 Å². The average molecular weight is 335 g/mol. The lowest BCUT2D eigenvalue weighted by molar-refractivity contribution is -0.110. The van der Waals surface area contributed by atoms with E-state index in [0.29, 0.717) is 11.8 Å². The molecule has 0 aromatic heterocycles. The van der Waals surface area contributed by atoms with E-state index in [1.54, 1.807) is 0 Å². The van der Waals surface area contributed by atoms with Gasteiger partial charge in [0.1, 0.15) is 0 Å². The number of ketones is 1. The van der Waals surface area contributed by atoms with Crippen molar-refractivity contribution < 1.29 is 4.79 Å². The topological polar surface area (TPSA) is 17.1 Å². The molecule has 0 saturated carbocycles. The minimum atomic E-state index is 0.191. The highest BCUT2D eigenvalue weighted by Crippen LogP contribution is 2.22. The zero-order valence-corrected chi connectivity index (χ0v) is 17.6. The summed E-state index contributed by atoms with van der Waals surface area (Å²) in [6.45, 7) is 17.8. The van der Waals surface area contributed by atoms with Gasteiger partial charge in [-0.2, -0.15) is 0 Å². The summed E-state index contributed by atoms with van der Waals surface area (Å²) in [6, 6.07) is 0. The first kappa shape index (κ1) is 23.1. The Kier molecular flexibility index (Phi) is 12.1. The molecule has 0 aliphatic carbocycles. The average Bonchev–Trinajstić information content (AvgIpc) is 2.44. The van der Waals surface area contributed by atoms with E-state index in [1.807, 2.05) is 12.2 Å². The van der Waals surface area contributed by atoms with Crippen molar-refractivity contribution in [2.45, 2.75) is 93.9 Å². The van der Waals surface area contributed by atoms with E-state index in [2.05, 4.69) is 55.4 Å². The molecule has 0 aliphatic rings. The van der Waals surface area contributed by atoms with Crippen LogP contribution >= 0.6 is 0 Å². The molecule has 0 aliphatic heterocycles. The van der Waals surface area contributed by atoms with Crippen LogP contribution in [0.1, 0.15) is 93.9 Å². The Morgan fingerprint density at radius 3 is 1.25 bits per heavy atom. The number of carbonyl (C=O) groups is 1. The van der Waals surface area contributed by atoms with Gasteiger partial charge >= 0.3 is 0 Å². The molecular formula is C23H42O. The first-order valence-corrected chi connectivity index (χ1v) is 10.1. The Morgan fingerprint density at radius 1 is 0.667 bits per heavy atom. The Bertz CT molecular complexity index is 370. The Labute approximate surface area is 152 Å². The van der Waals surface area contributed by atoms with Gasteiger partial charge in [0, 0.05) is 0 Å².